The first-order chi connectivity index (χ1) is 7.47. The van der Waals surface area contributed by atoms with Gasteiger partial charge in [0, 0.05) is 26.2 Å². The molecule has 1 aliphatic rings. The van der Waals surface area contributed by atoms with Crippen LogP contribution in [0.3, 0.4) is 0 Å². The van der Waals surface area contributed by atoms with Gasteiger partial charge in [0.25, 0.3) is 10.2 Å². The molecule has 16 heavy (non-hydrogen) atoms. The molecule has 0 aliphatic carbocycles. The third kappa shape index (κ3) is 6.39. The van der Waals surface area contributed by atoms with Gasteiger partial charge in [0.2, 0.25) is 0 Å². The molecule has 0 bridgehead atoms. The van der Waals surface area contributed by atoms with E-state index in [1.54, 1.807) is 0 Å². The monoisotopic (exact) mass is 251 g/mol. The summed E-state index contributed by atoms with van der Waals surface area (Å²) >= 11 is 0. The van der Waals surface area contributed by atoms with E-state index >= 15 is 0 Å². The van der Waals surface area contributed by atoms with Crippen molar-refractivity contribution in [2.45, 2.75) is 25.9 Å². The number of hydrogen-bond donors (Lipinski definition) is 2. The number of nitrogens with two attached hydrogens (primary N) is 1. The van der Waals surface area contributed by atoms with Crippen molar-refractivity contribution in [1.29, 1.82) is 0 Å². The Labute approximate surface area is 97.3 Å². The standard InChI is InChI=1S/C9H21N3O3S/c1-9-8-12(6-3-7-15-9)5-2-4-11-16(10,13)14/h9,11H,2-8H2,1H3,(H2,10,13,14). The van der Waals surface area contributed by atoms with Gasteiger partial charge in [-0.25, -0.2) is 9.86 Å². The SMILES string of the molecule is CC1CN(CCCNS(N)(=O)=O)CCCO1. The minimum Gasteiger partial charge on any atom is -0.377 e. The molecule has 7 heteroatoms. The van der Waals surface area contributed by atoms with Crippen LogP contribution in [-0.4, -0.2) is 52.2 Å². The van der Waals surface area contributed by atoms with Gasteiger partial charge in [-0.1, -0.05) is 0 Å². The summed E-state index contributed by atoms with van der Waals surface area (Å²) in [6.45, 7) is 6.06. The van der Waals surface area contributed by atoms with E-state index in [1.165, 1.54) is 0 Å². The van der Waals surface area contributed by atoms with Crippen LogP contribution in [0.4, 0.5) is 0 Å². The predicted molar refractivity (Wildman–Crippen MR) is 62.2 cm³/mol. The molecule has 0 aromatic carbocycles. The van der Waals surface area contributed by atoms with Crippen molar-refractivity contribution in [3.05, 3.63) is 0 Å². The second-order valence-corrected chi connectivity index (χ2v) is 5.51. The lowest BCUT2D eigenvalue weighted by Crippen LogP contribution is -2.35. The predicted octanol–water partition coefficient (Wildman–Crippen LogP) is -0.720. The zero-order valence-corrected chi connectivity index (χ0v) is 10.5. The highest BCUT2D eigenvalue weighted by molar-refractivity contribution is 7.87. The molecule has 0 amide bonds. The summed E-state index contributed by atoms with van der Waals surface area (Å²) in [6.07, 6.45) is 2.06. The molecule has 96 valence electrons. The van der Waals surface area contributed by atoms with E-state index in [0.717, 1.165) is 39.1 Å². The zero-order chi connectivity index (χ0) is 12.0. The maximum Gasteiger partial charge on any atom is 0.274 e. The Hall–Kier alpha value is -0.210. The molecule has 1 aliphatic heterocycles. The minimum atomic E-state index is -3.54. The number of nitrogens with zero attached hydrogens (tertiary/aromatic N) is 1. The highest BCUT2D eigenvalue weighted by atomic mass is 32.2. The molecular weight excluding hydrogens is 230 g/mol. The van der Waals surface area contributed by atoms with Crippen molar-refractivity contribution >= 4 is 10.2 Å². The molecule has 0 aromatic rings. The fourth-order valence-electron chi connectivity index (χ4n) is 1.80. The average molecular weight is 251 g/mol. The molecule has 1 fully saturated rings. The smallest absolute Gasteiger partial charge is 0.274 e. The average Bonchev–Trinajstić information content (AvgIpc) is 2.36. The van der Waals surface area contributed by atoms with Crippen LogP contribution in [0.1, 0.15) is 19.8 Å². The van der Waals surface area contributed by atoms with Crippen LogP contribution in [0.25, 0.3) is 0 Å². The first-order valence-corrected chi connectivity index (χ1v) is 7.13. The summed E-state index contributed by atoms with van der Waals surface area (Å²) in [7, 11) is -3.54. The van der Waals surface area contributed by atoms with Gasteiger partial charge in [0.1, 0.15) is 0 Å². The molecule has 3 N–H and O–H groups in total. The third-order valence-electron chi connectivity index (χ3n) is 2.49. The molecule has 6 nitrogen and oxygen atoms in total. The second kappa shape index (κ2) is 6.51. The van der Waals surface area contributed by atoms with Crippen LogP contribution in [0, 0.1) is 0 Å². The Morgan fingerprint density at radius 3 is 3.00 bits per heavy atom. The van der Waals surface area contributed by atoms with Gasteiger partial charge in [0.15, 0.2) is 0 Å². The van der Waals surface area contributed by atoms with Crippen molar-refractivity contribution in [3.63, 3.8) is 0 Å². The summed E-state index contributed by atoms with van der Waals surface area (Å²) in [6, 6.07) is 0. The topological polar surface area (TPSA) is 84.7 Å². The molecule has 1 unspecified atom stereocenters. The van der Waals surface area contributed by atoms with E-state index in [0.29, 0.717) is 6.54 Å². The van der Waals surface area contributed by atoms with E-state index in [4.69, 9.17) is 9.88 Å². The fraction of sp³-hybridized carbons (Fsp3) is 1.00. The van der Waals surface area contributed by atoms with Gasteiger partial charge in [-0.3, -0.25) is 0 Å². The van der Waals surface area contributed by atoms with Gasteiger partial charge in [0.05, 0.1) is 6.10 Å². The Balaban J connectivity index is 2.16. The molecule has 0 aromatic heterocycles. The molecule has 1 atom stereocenters. The van der Waals surface area contributed by atoms with E-state index in [1.807, 2.05) is 0 Å². The lowest BCUT2D eigenvalue weighted by Gasteiger charge is -2.21. The fourth-order valence-corrected chi connectivity index (χ4v) is 2.23. The van der Waals surface area contributed by atoms with Crippen molar-refractivity contribution in [1.82, 2.24) is 9.62 Å². The van der Waals surface area contributed by atoms with Crippen LogP contribution in [0.15, 0.2) is 0 Å². The van der Waals surface area contributed by atoms with Crippen LogP contribution in [0.5, 0.6) is 0 Å². The highest BCUT2D eigenvalue weighted by Gasteiger charge is 2.14. The maximum absolute atomic E-state index is 10.6. The maximum atomic E-state index is 10.6. The van der Waals surface area contributed by atoms with Crippen molar-refractivity contribution in [2.75, 3.05) is 32.8 Å². The zero-order valence-electron chi connectivity index (χ0n) is 9.68. The summed E-state index contributed by atoms with van der Waals surface area (Å²) in [4.78, 5) is 2.29. The number of hydrogen-bond acceptors (Lipinski definition) is 4. The van der Waals surface area contributed by atoms with Gasteiger partial charge in [-0.2, -0.15) is 8.42 Å². The minimum absolute atomic E-state index is 0.258. The van der Waals surface area contributed by atoms with Gasteiger partial charge in [-0.15, -0.1) is 0 Å². The van der Waals surface area contributed by atoms with Crippen molar-refractivity contribution < 1.29 is 13.2 Å². The third-order valence-corrected chi connectivity index (χ3v) is 3.10. The lowest BCUT2D eigenvalue weighted by atomic mass is 10.3. The van der Waals surface area contributed by atoms with Crippen LogP contribution >= 0.6 is 0 Å². The highest BCUT2D eigenvalue weighted by Crippen LogP contribution is 2.05. The van der Waals surface area contributed by atoms with E-state index in [9.17, 15) is 8.42 Å². The number of nitrogens with one attached hydrogen (secondary N) is 1. The molecular formula is C9H21N3O3S. The molecule has 0 radical (unpaired) electrons. The van der Waals surface area contributed by atoms with Gasteiger partial charge < -0.3 is 9.64 Å². The van der Waals surface area contributed by atoms with Crippen molar-refractivity contribution in [2.24, 2.45) is 5.14 Å². The summed E-state index contributed by atoms with van der Waals surface area (Å²) in [5.74, 6) is 0. The van der Waals surface area contributed by atoms with Gasteiger partial charge in [-0.05, 0) is 26.3 Å². The lowest BCUT2D eigenvalue weighted by molar-refractivity contribution is 0.0677. The largest absolute Gasteiger partial charge is 0.377 e. The molecule has 0 saturated carbocycles. The second-order valence-electron chi connectivity index (χ2n) is 4.13. The van der Waals surface area contributed by atoms with Crippen LogP contribution in [-0.2, 0) is 14.9 Å². The Bertz CT molecular complexity index is 294. The van der Waals surface area contributed by atoms with Crippen molar-refractivity contribution in [3.8, 4) is 0 Å². The summed E-state index contributed by atoms with van der Waals surface area (Å²) in [5, 5.41) is 4.83. The Morgan fingerprint density at radius 1 is 1.56 bits per heavy atom. The van der Waals surface area contributed by atoms with E-state index in [2.05, 4.69) is 16.5 Å². The Morgan fingerprint density at radius 2 is 2.31 bits per heavy atom. The first-order valence-electron chi connectivity index (χ1n) is 5.59. The molecule has 1 rings (SSSR count). The van der Waals surface area contributed by atoms with Gasteiger partial charge >= 0.3 is 0 Å². The number of rotatable bonds is 5. The summed E-state index contributed by atoms with van der Waals surface area (Å²) < 4.78 is 29.0. The quantitative estimate of drug-likeness (QED) is 0.632. The van der Waals surface area contributed by atoms with E-state index < -0.39 is 10.2 Å². The van der Waals surface area contributed by atoms with Crippen LogP contribution in [0.2, 0.25) is 0 Å². The normalized spacial score (nSPS) is 24.2. The molecule has 0 spiro atoms. The van der Waals surface area contributed by atoms with Crippen LogP contribution < -0.4 is 9.86 Å². The molecule has 1 heterocycles. The number of ether oxygens (including phenoxy) is 1. The van der Waals surface area contributed by atoms with E-state index in [-0.39, 0.29) is 6.10 Å². The molecule has 1 saturated heterocycles. The first kappa shape index (κ1) is 13.9. The Kier molecular flexibility index (Phi) is 5.63. The summed E-state index contributed by atoms with van der Waals surface area (Å²) in [5.41, 5.74) is 0.